The van der Waals surface area contributed by atoms with Crippen LogP contribution in [0.3, 0.4) is 0 Å². The normalized spacial score (nSPS) is 12.0. The summed E-state index contributed by atoms with van der Waals surface area (Å²) >= 11 is 1.64. The molecule has 0 aliphatic rings. The molecular weight excluding hydrogens is 358 g/mol. The first kappa shape index (κ1) is 19.2. The SMILES string of the molecule is CN=C(NCCc1csc(C)n1)NCc1ccccc1NS(C)(=O)=O. The summed E-state index contributed by atoms with van der Waals surface area (Å²) in [4.78, 5) is 8.61. The third kappa shape index (κ3) is 6.71. The molecule has 0 aliphatic carbocycles. The predicted molar refractivity (Wildman–Crippen MR) is 104 cm³/mol. The molecule has 0 saturated heterocycles. The van der Waals surface area contributed by atoms with Gasteiger partial charge in [0.15, 0.2) is 5.96 Å². The molecule has 0 radical (unpaired) electrons. The maximum atomic E-state index is 11.5. The maximum Gasteiger partial charge on any atom is 0.229 e. The van der Waals surface area contributed by atoms with E-state index in [0.717, 1.165) is 28.9 Å². The van der Waals surface area contributed by atoms with Gasteiger partial charge in [0.05, 0.1) is 22.6 Å². The molecule has 0 atom stereocenters. The second kappa shape index (κ2) is 8.82. The molecule has 7 nitrogen and oxygen atoms in total. The van der Waals surface area contributed by atoms with Crippen LogP contribution in [0.1, 0.15) is 16.3 Å². The highest BCUT2D eigenvalue weighted by molar-refractivity contribution is 7.92. The smallest absolute Gasteiger partial charge is 0.229 e. The van der Waals surface area contributed by atoms with E-state index < -0.39 is 10.0 Å². The highest BCUT2D eigenvalue weighted by Crippen LogP contribution is 2.15. The lowest BCUT2D eigenvalue weighted by Gasteiger charge is -2.14. The molecule has 0 aliphatic heterocycles. The predicted octanol–water partition coefficient (Wildman–Crippen LogP) is 1.73. The lowest BCUT2D eigenvalue weighted by Crippen LogP contribution is -2.38. The minimum absolute atomic E-state index is 0.453. The van der Waals surface area contributed by atoms with Crippen LogP contribution in [-0.2, 0) is 23.0 Å². The number of aryl methyl sites for hydroxylation is 1. The third-order valence-corrected chi connectivity index (χ3v) is 4.74. The molecule has 0 amide bonds. The number of para-hydroxylation sites is 1. The van der Waals surface area contributed by atoms with Crippen LogP contribution in [-0.4, -0.2) is 39.2 Å². The van der Waals surface area contributed by atoms with E-state index in [1.165, 1.54) is 0 Å². The molecule has 0 saturated carbocycles. The number of hydrogen-bond donors (Lipinski definition) is 3. The number of aliphatic imine (C=N–C) groups is 1. The Balaban J connectivity index is 1.88. The summed E-state index contributed by atoms with van der Waals surface area (Å²) in [7, 11) is -1.62. The molecule has 1 aromatic carbocycles. The van der Waals surface area contributed by atoms with Gasteiger partial charge in [-0.25, -0.2) is 13.4 Å². The molecule has 2 aromatic rings. The molecule has 1 heterocycles. The van der Waals surface area contributed by atoms with Gasteiger partial charge < -0.3 is 10.6 Å². The van der Waals surface area contributed by atoms with Crippen molar-refractivity contribution in [2.75, 3.05) is 24.6 Å². The molecule has 9 heteroatoms. The Labute approximate surface area is 152 Å². The van der Waals surface area contributed by atoms with Crippen LogP contribution >= 0.6 is 11.3 Å². The van der Waals surface area contributed by atoms with E-state index in [-0.39, 0.29) is 0 Å². The molecule has 2 rings (SSSR count). The van der Waals surface area contributed by atoms with Crippen molar-refractivity contribution >= 4 is 33.0 Å². The number of nitrogens with one attached hydrogen (secondary N) is 3. The van der Waals surface area contributed by atoms with Gasteiger partial charge >= 0.3 is 0 Å². The van der Waals surface area contributed by atoms with Crippen molar-refractivity contribution in [2.45, 2.75) is 19.9 Å². The van der Waals surface area contributed by atoms with Gasteiger partial charge in [-0.05, 0) is 18.6 Å². The Morgan fingerprint density at radius 3 is 2.68 bits per heavy atom. The van der Waals surface area contributed by atoms with E-state index in [1.54, 1.807) is 30.5 Å². The van der Waals surface area contributed by atoms with Crippen LogP contribution in [0.5, 0.6) is 0 Å². The van der Waals surface area contributed by atoms with Gasteiger partial charge in [-0.1, -0.05) is 18.2 Å². The third-order valence-electron chi connectivity index (χ3n) is 3.32. The quantitative estimate of drug-likeness (QED) is 0.501. The molecule has 0 unspecified atom stereocenters. The Hall–Kier alpha value is -2.13. The first-order valence-electron chi connectivity index (χ1n) is 7.78. The van der Waals surface area contributed by atoms with Crippen LogP contribution < -0.4 is 15.4 Å². The number of hydrogen-bond acceptors (Lipinski definition) is 5. The molecule has 136 valence electrons. The monoisotopic (exact) mass is 381 g/mol. The number of benzene rings is 1. The summed E-state index contributed by atoms with van der Waals surface area (Å²) in [5, 5.41) is 9.54. The standard InChI is InChI=1S/C16H23N5O2S2/c1-12-20-14(11-24-12)8-9-18-16(17-2)19-10-13-6-4-5-7-15(13)21-25(3,22)23/h4-7,11,21H,8-10H2,1-3H3,(H2,17,18,19). The largest absolute Gasteiger partial charge is 0.356 e. The Bertz CT molecular complexity index is 831. The zero-order valence-electron chi connectivity index (χ0n) is 14.5. The van der Waals surface area contributed by atoms with E-state index in [4.69, 9.17) is 0 Å². The van der Waals surface area contributed by atoms with Crippen molar-refractivity contribution in [3.05, 3.63) is 45.9 Å². The van der Waals surface area contributed by atoms with Crippen molar-refractivity contribution in [1.29, 1.82) is 0 Å². The number of rotatable bonds is 7. The van der Waals surface area contributed by atoms with E-state index in [0.29, 0.717) is 24.7 Å². The van der Waals surface area contributed by atoms with Crippen molar-refractivity contribution in [1.82, 2.24) is 15.6 Å². The molecular formula is C16H23N5O2S2. The van der Waals surface area contributed by atoms with Crippen molar-refractivity contribution < 1.29 is 8.42 Å². The van der Waals surface area contributed by atoms with Crippen LogP contribution in [0.25, 0.3) is 0 Å². The summed E-state index contributed by atoms with van der Waals surface area (Å²) in [6.45, 7) is 3.16. The fourth-order valence-corrected chi connectivity index (χ4v) is 3.45. The number of aromatic nitrogens is 1. The van der Waals surface area contributed by atoms with E-state index in [9.17, 15) is 8.42 Å². The topological polar surface area (TPSA) is 95.5 Å². The van der Waals surface area contributed by atoms with Crippen LogP contribution in [0.2, 0.25) is 0 Å². The highest BCUT2D eigenvalue weighted by atomic mass is 32.2. The maximum absolute atomic E-state index is 11.5. The minimum Gasteiger partial charge on any atom is -0.356 e. The first-order chi connectivity index (χ1) is 11.9. The van der Waals surface area contributed by atoms with Gasteiger partial charge in [0.2, 0.25) is 10.0 Å². The van der Waals surface area contributed by atoms with E-state index >= 15 is 0 Å². The molecule has 1 aromatic heterocycles. The molecule has 3 N–H and O–H groups in total. The number of thiazole rings is 1. The van der Waals surface area contributed by atoms with Gasteiger partial charge in [0.1, 0.15) is 0 Å². The van der Waals surface area contributed by atoms with Gasteiger partial charge in [-0.3, -0.25) is 9.71 Å². The number of nitrogens with zero attached hydrogens (tertiary/aromatic N) is 2. The zero-order valence-corrected chi connectivity index (χ0v) is 16.2. The lowest BCUT2D eigenvalue weighted by molar-refractivity contribution is 0.606. The number of anilines is 1. The average Bonchev–Trinajstić information content (AvgIpc) is 2.96. The van der Waals surface area contributed by atoms with Crippen LogP contribution in [0.15, 0.2) is 34.6 Å². The Morgan fingerprint density at radius 1 is 1.28 bits per heavy atom. The van der Waals surface area contributed by atoms with Gasteiger partial charge in [0, 0.05) is 31.9 Å². The fourth-order valence-electron chi connectivity index (χ4n) is 2.21. The minimum atomic E-state index is -3.32. The molecule has 0 bridgehead atoms. The number of guanidine groups is 1. The summed E-state index contributed by atoms with van der Waals surface area (Å²) in [6.07, 6.45) is 1.95. The first-order valence-corrected chi connectivity index (χ1v) is 10.6. The van der Waals surface area contributed by atoms with Crippen molar-refractivity contribution in [2.24, 2.45) is 4.99 Å². The highest BCUT2D eigenvalue weighted by Gasteiger charge is 2.07. The Morgan fingerprint density at radius 2 is 2.04 bits per heavy atom. The molecule has 0 fully saturated rings. The zero-order chi connectivity index (χ0) is 18.3. The average molecular weight is 382 g/mol. The van der Waals surface area contributed by atoms with Crippen molar-refractivity contribution in [3.8, 4) is 0 Å². The van der Waals surface area contributed by atoms with Gasteiger partial charge in [-0.2, -0.15) is 0 Å². The van der Waals surface area contributed by atoms with E-state index in [1.807, 2.05) is 19.1 Å². The summed E-state index contributed by atoms with van der Waals surface area (Å²) < 4.78 is 25.4. The van der Waals surface area contributed by atoms with Gasteiger partial charge in [-0.15, -0.1) is 11.3 Å². The summed E-state index contributed by atoms with van der Waals surface area (Å²) in [6, 6.07) is 7.26. The van der Waals surface area contributed by atoms with Crippen LogP contribution in [0.4, 0.5) is 5.69 Å². The second-order valence-corrected chi connectivity index (χ2v) is 8.30. The lowest BCUT2D eigenvalue weighted by atomic mass is 10.2. The molecule has 25 heavy (non-hydrogen) atoms. The Kier molecular flexibility index (Phi) is 6.77. The molecule has 0 spiro atoms. The van der Waals surface area contributed by atoms with E-state index in [2.05, 4.69) is 30.7 Å². The second-order valence-electron chi connectivity index (χ2n) is 5.49. The van der Waals surface area contributed by atoms with Crippen molar-refractivity contribution in [3.63, 3.8) is 0 Å². The summed E-state index contributed by atoms with van der Waals surface area (Å²) in [5.74, 6) is 0.654. The van der Waals surface area contributed by atoms with Gasteiger partial charge in [0.25, 0.3) is 0 Å². The van der Waals surface area contributed by atoms with Crippen LogP contribution in [0, 0.1) is 6.92 Å². The summed E-state index contributed by atoms with van der Waals surface area (Å²) in [5.41, 5.74) is 2.46. The fraction of sp³-hybridized carbons (Fsp3) is 0.375. The number of sulfonamides is 1.